The molecule has 0 spiro atoms. The van der Waals surface area contributed by atoms with Crippen LogP contribution in [0.2, 0.25) is 0 Å². The summed E-state index contributed by atoms with van der Waals surface area (Å²) in [4.78, 5) is 44.9. The fourth-order valence-electron chi connectivity index (χ4n) is 2.37. The number of carbonyl (C=O) groups is 2. The van der Waals surface area contributed by atoms with Crippen molar-refractivity contribution in [2.45, 2.75) is 31.6 Å². The van der Waals surface area contributed by atoms with Crippen molar-refractivity contribution in [2.24, 2.45) is 0 Å². The van der Waals surface area contributed by atoms with E-state index in [1.54, 1.807) is 12.1 Å². The van der Waals surface area contributed by atoms with Crippen molar-refractivity contribution in [1.29, 1.82) is 0 Å². The molecule has 1 aliphatic heterocycles. The van der Waals surface area contributed by atoms with Crippen LogP contribution in [-0.4, -0.2) is 26.5 Å². The quantitative estimate of drug-likeness (QED) is 0.299. The molecule has 9 heteroatoms. The van der Waals surface area contributed by atoms with E-state index in [2.05, 4.69) is 5.32 Å². The average Bonchev–Trinajstić information content (AvgIpc) is 2.39. The van der Waals surface area contributed by atoms with E-state index in [1.807, 2.05) is 19.1 Å². The first-order chi connectivity index (χ1) is 10.1. The second-order valence-corrected chi connectivity index (χ2v) is 5.97. The number of piperidine rings is 1. The summed E-state index contributed by atoms with van der Waals surface area (Å²) in [7, 11) is -4.64. The zero-order valence-corrected chi connectivity index (χ0v) is 12.9. The van der Waals surface area contributed by atoms with Gasteiger partial charge in [0.15, 0.2) is 0 Å². The van der Waals surface area contributed by atoms with Gasteiger partial charge in [-0.2, -0.15) is 0 Å². The van der Waals surface area contributed by atoms with Crippen LogP contribution in [0.1, 0.15) is 31.7 Å². The molecule has 122 valence electrons. The van der Waals surface area contributed by atoms with E-state index in [9.17, 15) is 9.59 Å². The van der Waals surface area contributed by atoms with Crippen LogP contribution in [0.3, 0.4) is 0 Å². The van der Waals surface area contributed by atoms with Crippen molar-refractivity contribution in [1.82, 2.24) is 5.32 Å². The molecule has 0 aromatic heterocycles. The Hall–Kier alpha value is -1.73. The van der Waals surface area contributed by atoms with Gasteiger partial charge < -0.3 is 20.4 Å². The predicted molar refractivity (Wildman–Crippen MR) is 79.5 cm³/mol. The summed E-state index contributed by atoms with van der Waals surface area (Å²) in [5.74, 6) is -0.379. The van der Waals surface area contributed by atoms with Gasteiger partial charge in [0, 0.05) is 12.1 Å². The summed E-state index contributed by atoms with van der Waals surface area (Å²) in [6, 6.07) is 7.31. The van der Waals surface area contributed by atoms with Crippen LogP contribution in [0.15, 0.2) is 24.3 Å². The lowest BCUT2D eigenvalue weighted by atomic mass is 9.72. The van der Waals surface area contributed by atoms with Gasteiger partial charge >= 0.3 is 7.82 Å². The molecule has 0 saturated carbocycles. The molecule has 6 N–H and O–H groups in total. The number of imide groups is 1. The SMILES string of the molecule is CCC1(c2ccc(N)cc2)CCC(=O)NC1=O.O=P(O)(O)O. The molecule has 8 nitrogen and oxygen atoms in total. The van der Waals surface area contributed by atoms with Crippen LogP contribution in [0.25, 0.3) is 0 Å². The minimum atomic E-state index is -4.64. The number of benzene rings is 1. The Balaban J connectivity index is 0.000000422. The number of nitrogens with one attached hydrogen (secondary N) is 1. The van der Waals surface area contributed by atoms with Gasteiger partial charge in [-0.25, -0.2) is 4.57 Å². The fraction of sp³-hybridized carbons (Fsp3) is 0.385. The first-order valence-electron chi connectivity index (χ1n) is 6.57. The largest absolute Gasteiger partial charge is 0.466 e. The number of amides is 2. The molecule has 1 unspecified atom stereocenters. The summed E-state index contributed by atoms with van der Waals surface area (Å²) in [6.07, 6.45) is 1.64. The van der Waals surface area contributed by atoms with Gasteiger partial charge in [-0.15, -0.1) is 0 Å². The van der Waals surface area contributed by atoms with Gasteiger partial charge in [0.25, 0.3) is 0 Å². The fourth-order valence-corrected chi connectivity index (χ4v) is 2.37. The molecule has 0 aliphatic carbocycles. The Morgan fingerprint density at radius 1 is 1.23 bits per heavy atom. The lowest BCUT2D eigenvalue weighted by molar-refractivity contribution is -0.138. The Labute approximate surface area is 127 Å². The molecule has 1 atom stereocenters. The monoisotopic (exact) mass is 330 g/mol. The average molecular weight is 330 g/mol. The molecule has 1 fully saturated rings. The smallest absolute Gasteiger partial charge is 0.399 e. The van der Waals surface area contributed by atoms with Crippen LogP contribution >= 0.6 is 7.82 Å². The zero-order valence-electron chi connectivity index (χ0n) is 12.0. The van der Waals surface area contributed by atoms with E-state index in [0.717, 1.165) is 5.56 Å². The van der Waals surface area contributed by atoms with Crippen molar-refractivity contribution < 1.29 is 28.8 Å². The van der Waals surface area contributed by atoms with Crippen LogP contribution in [0.4, 0.5) is 5.69 Å². The van der Waals surface area contributed by atoms with Crippen molar-refractivity contribution in [3.8, 4) is 0 Å². The third-order valence-electron chi connectivity index (χ3n) is 3.53. The van der Waals surface area contributed by atoms with Crippen molar-refractivity contribution in [3.63, 3.8) is 0 Å². The third-order valence-corrected chi connectivity index (χ3v) is 3.53. The summed E-state index contributed by atoms with van der Waals surface area (Å²) in [6.45, 7) is 1.96. The molecular formula is C13H19N2O6P. The van der Waals surface area contributed by atoms with Gasteiger partial charge in [0.2, 0.25) is 11.8 Å². The maximum atomic E-state index is 12.1. The molecule has 22 heavy (non-hydrogen) atoms. The van der Waals surface area contributed by atoms with Gasteiger partial charge in [-0.05, 0) is 30.5 Å². The van der Waals surface area contributed by atoms with Gasteiger partial charge in [-0.3, -0.25) is 14.9 Å². The van der Waals surface area contributed by atoms with Gasteiger partial charge in [0.1, 0.15) is 0 Å². The van der Waals surface area contributed by atoms with E-state index < -0.39 is 13.2 Å². The predicted octanol–water partition coefficient (Wildman–Crippen LogP) is 0.425. The highest BCUT2D eigenvalue weighted by molar-refractivity contribution is 7.45. The first-order valence-corrected chi connectivity index (χ1v) is 8.13. The van der Waals surface area contributed by atoms with Crippen LogP contribution in [-0.2, 0) is 19.6 Å². The van der Waals surface area contributed by atoms with Crippen molar-refractivity contribution in [2.75, 3.05) is 5.73 Å². The number of nitrogens with two attached hydrogens (primary N) is 1. The van der Waals surface area contributed by atoms with Gasteiger partial charge in [-0.1, -0.05) is 19.1 Å². The van der Waals surface area contributed by atoms with E-state index in [1.165, 1.54) is 0 Å². The molecule has 2 rings (SSSR count). The Morgan fingerprint density at radius 3 is 2.14 bits per heavy atom. The summed E-state index contributed by atoms with van der Waals surface area (Å²) in [5, 5.41) is 2.43. The highest BCUT2D eigenvalue weighted by atomic mass is 31.2. The van der Waals surface area contributed by atoms with E-state index in [4.69, 9.17) is 25.0 Å². The maximum Gasteiger partial charge on any atom is 0.466 e. The molecule has 1 aromatic rings. The van der Waals surface area contributed by atoms with Gasteiger partial charge in [0.05, 0.1) is 5.41 Å². The maximum absolute atomic E-state index is 12.1. The standard InChI is InChI=1S/C13H16N2O2.H3O4P/c1-2-13(8-7-11(16)15-12(13)17)9-3-5-10(14)6-4-9;1-5(2,3)4/h3-6H,2,7-8,14H2,1H3,(H,15,16,17);(H3,1,2,3,4). The van der Waals surface area contributed by atoms with Crippen LogP contribution in [0.5, 0.6) is 0 Å². The number of rotatable bonds is 2. The number of phosphoric acid groups is 1. The third kappa shape index (κ3) is 4.92. The lowest BCUT2D eigenvalue weighted by Crippen LogP contribution is -2.51. The zero-order chi connectivity index (χ0) is 17.0. The Bertz CT molecular complexity index is 589. The summed E-state index contributed by atoms with van der Waals surface area (Å²) >= 11 is 0. The summed E-state index contributed by atoms with van der Waals surface area (Å²) < 4.78 is 8.88. The first kappa shape index (κ1) is 18.3. The Kier molecular flexibility index (Phi) is 5.85. The van der Waals surface area contributed by atoms with Crippen molar-refractivity contribution in [3.05, 3.63) is 29.8 Å². The second-order valence-electron chi connectivity index (χ2n) is 4.95. The van der Waals surface area contributed by atoms with Crippen LogP contribution < -0.4 is 11.1 Å². The highest BCUT2D eigenvalue weighted by Gasteiger charge is 2.42. The summed E-state index contributed by atoms with van der Waals surface area (Å²) in [5.41, 5.74) is 6.66. The molecule has 2 amide bonds. The highest BCUT2D eigenvalue weighted by Crippen LogP contribution is 2.35. The molecule has 1 heterocycles. The Morgan fingerprint density at radius 2 is 1.73 bits per heavy atom. The number of hydrogen-bond acceptors (Lipinski definition) is 4. The number of hydrogen-bond donors (Lipinski definition) is 5. The van der Waals surface area contributed by atoms with Crippen molar-refractivity contribution >= 4 is 25.3 Å². The normalized spacial score (nSPS) is 21.6. The minimum absolute atomic E-state index is 0.186. The number of nitrogen functional groups attached to an aromatic ring is 1. The van der Waals surface area contributed by atoms with E-state index in [0.29, 0.717) is 24.9 Å². The minimum Gasteiger partial charge on any atom is -0.399 e. The topological polar surface area (TPSA) is 150 Å². The molecule has 1 saturated heterocycles. The second kappa shape index (κ2) is 7.02. The number of anilines is 1. The molecular weight excluding hydrogens is 311 g/mol. The molecule has 1 aliphatic rings. The van der Waals surface area contributed by atoms with Crippen LogP contribution in [0, 0.1) is 0 Å². The molecule has 0 bridgehead atoms. The van der Waals surface area contributed by atoms with E-state index in [-0.39, 0.29) is 11.8 Å². The lowest BCUT2D eigenvalue weighted by Gasteiger charge is -2.34. The number of carbonyl (C=O) groups excluding carboxylic acids is 2. The molecule has 0 radical (unpaired) electrons. The van der Waals surface area contributed by atoms with E-state index >= 15 is 0 Å². The molecule has 1 aromatic carbocycles.